The molecule has 7 nitrogen and oxygen atoms in total. The summed E-state index contributed by atoms with van der Waals surface area (Å²) in [4.78, 5) is 29.9. The Morgan fingerprint density at radius 1 is 0.844 bits per heavy atom. The van der Waals surface area contributed by atoms with Gasteiger partial charge in [0.15, 0.2) is 0 Å². The number of rotatable bonds is 14. The number of halogens is 1. The van der Waals surface area contributed by atoms with Gasteiger partial charge in [0, 0.05) is 24.5 Å². The van der Waals surface area contributed by atoms with Gasteiger partial charge in [0.05, 0.1) is 10.6 Å². The highest BCUT2D eigenvalue weighted by Gasteiger charge is 2.35. The lowest BCUT2D eigenvalue weighted by Crippen LogP contribution is -2.53. The van der Waals surface area contributed by atoms with Crippen LogP contribution in [0, 0.1) is 13.8 Å². The van der Waals surface area contributed by atoms with Crippen molar-refractivity contribution in [2.75, 3.05) is 17.4 Å². The first-order valence-electron chi connectivity index (χ1n) is 15.1. The summed E-state index contributed by atoms with van der Waals surface area (Å²) in [5.74, 6) is -0.837. The van der Waals surface area contributed by atoms with Crippen LogP contribution in [0.15, 0.2) is 108 Å². The highest BCUT2D eigenvalue weighted by atomic mass is 35.5. The van der Waals surface area contributed by atoms with E-state index in [0.29, 0.717) is 22.8 Å². The molecule has 9 heteroatoms. The van der Waals surface area contributed by atoms with E-state index in [9.17, 15) is 18.0 Å². The highest BCUT2D eigenvalue weighted by Crippen LogP contribution is 2.27. The molecule has 0 aromatic heterocycles. The molecule has 0 aliphatic carbocycles. The van der Waals surface area contributed by atoms with Crippen molar-refractivity contribution in [3.63, 3.8) is 0 Å². The Kier molecular flexibility index (Phi) is 11.8. The summed E-state index contributed by atoms with van der Waals surface area (Å²) in [6, 6.07) is 29.1. The Morgan fingerprint density at radius 2 is 1.49 bits per heavy atom. The molecule has 0 fully saturated rings. The number of aryl methyl sites for hydroxylation is 2. The Hall–Kier alpha value is -4.14. The number of unbranched alkanes of at least 4 members (excludes halogenated alkanes) is 1. The van der Waals surface area contributed by atoms with Crippen LogP contribution in [0.5, 0.6) is 0 Å². The first-order valence-corrected chi connectivity index (χ1v) is 16.9. The summed E-state index contributed by atoms with van der Waals surface area (Å²) >= 11 is 6.56. The number of nitrogens with zero attached hydrogens (tertiary/aromatic N) is 2. The third-order valence-corrected chi connectivity index (χ3v) is 9.94. The second-order valence-electron chi connectivity index (χ2n) is 11.1. The minimum Gasteiger partial charge on any atom is -0.354 e. The van der Waals surface area contributed by atoms with Crippen LogP contribution in [0.25, 0.3) is 0 Å². The van der Waals surface area contributed by atoms with E-state index in [4.69, 9.17) is 11.6 Å². The standard InChI is InChI=1S/C36H40ClN3O4S/c1-4-5-22-38-36(42)34(24-29-14-8-6-9-15-29)39(25-30-16-12-13-19-33(30)37)35(41)26-40(31-21-20-27(2)28(3)23-31)45(43,44)32-17-10-7-11-18-32/h6-21,23,34H,4-5,22,24-26H2,1-3H3,(H,38,42)/t34-/m1/s1. The molecule has 1 N–H and O–H groups in total. The summed E-state index contributed by atoms with van der Waals surface area (Å²) in [6.45, 7) is 5.84. The van der Waals surface area contributed by atoms with Gasteiger partial charge in [-0.3, -0.25) is 13.9 Å². The number of amides is 2. The highest BCUT2D eigenvalue weighted by molar-refractivity contribution is 7.92. The number of sulfonamides is 1. The minimum absolute atomic E-state index is 0.0172. The van der Waals surface area contributed by atoms with Gasteiger partial charge in [-0.2, -0.15) is 0 Å². The van der Waals surface area contributed by atoms with E-state index in [1.807, 2.05) is 63.2 Å². The van der Waals surface area contributed by atoms with E-state index >= 15 is 0 Å². The molecule has 0 bridgehead atoms. The fraction of sp³-hybridized carbons (Fsp3) is 0.278. The normalized spacial score (nSPS) is 11.9. The molecule has 0 saturated heterocycles. The van der Waals surface area contributed by atoms with Crippen molar-refractivity contribution in [2.45, 2.75) is 57.5 Å². The lowest BCUT2D eigenvalue weighted by atomic mass is 10.0. The zero-order chi connectivity index (χ0) is 32.4. The summed E-state index contributed by atoms with van der Waals surface area (Å²) in [5.41, 5.74) is 3.76. The predicted octanol–water partition coefficient (Wildman–Crippen LogP) is 6.71. The monoisotopic (exact) mass is 645 g/mol. The summed E-state index contributed by atoms with van der Waals surface area (Å²) < 4.78 is 29.4. The zero-order valence-electron chi connectivity index (χ0n) is 25.9. The van der Waals surface area contributed by atoms with E-state index in [-0.39, 0.29) is 23.8 Å². The first-order chi connectivity index (χ1) is 21.6. The lowest BCUT2D eigenvalue weighted by Gasteiger charge is -2.34. The van der Waals surface area contributed by atoms with Gasteiger partial charge in [-0.1, -0.05) is 97.7 Å². The van der Waals surface area contributed by atoms with Gasteiger partial charge in [-0.05, 0) is 72.9 Å². The van der Waals surface area contributed by atoms with Crippen molar-refractivity contribution < 1.29 is 18.0 Å². The van der Waals surface area contributed by atoms with Crippen molar-refractivity contribution in [1.29, 1.82) is 0 Å². The molecule has 0 heterocycles. The number of carbonyl (C=O) groups excluding carboxylic acids is 2. The van der Waals surface area contributed by atoms with Crippen LogP contribution >= 0.6 is 11.6 Å². The number of nitrogens with one attached hydrogen (secondary N) is 1. The lowest BCUT2D eigenvalue weighted by molar-refractivity contribution is -0.140. The van der Waals surface area contributed by atoms with E-state index in [1.165, 1.54) is 17.0 Å². The minimum atomic E-state index is -4.16. The van der Waals surface area contributed by atoms with Gasteiger partial charge >= 0.3 is 0 Å². The number of anilines is 1. The quantitative estimate of drug-likeness (QED) is 0.155. The average Bonchev–Trinajstić information content (AvgIpc) is 3.04. The van der Waals surface area contributed by atoms with Crippen LogP contribution in [0.2, 0.25) is 5.02 Å². The van der Waals surface area contributed by atoms with Crippen LogP contribution in [0.3, 0.4) is 0 Å². The zero-order valence-corrected chi connectivity index (χ0v) is 27.5. The second-order valence-corrected chi connectivity index (χ2v) is 13.3. The number of benzene rings is 4. The van der Waals surface area contributed by atoms with Gasteiger partial charge in [0.2, 0.25) is 11.8 Å². The topological polar surface area (TPSA) is 86.8 Å². The third-order valence-electron chi connectivity index (χ3n) is 7.79. The maximum absolute atomic E-state index is 14.5. The maximum Gasteiger partial charge on any atom is 0.264 e. The van der Waals surface area contributed by atoms with Crippen LogP contribution < -0.4 is 9.62 Å². The average molecular weight is 646 g/mol. The Labute approximate surface area is 271 Å². The van der Waals surface area contributed by atoms with Gasteiger partial charge < -0.3 is 10.2 Å². The van der Waals surface area contributed by atoms with Crippen LogP contribution in [-0.4, -0.2) is 44.3 Å². The number of hydrogen-bond acceptors (Lipinski definition) is 4. The van der Waals surface area contributed by atoms with Crippen LogP contribution in [0.1, 0.15) is 42.0 Å². The SMILES string of the molecule is CCCCNC(=O)[C@@H](Cc1ccccc1)N(Cc1ccccc1Cl)C(=O)CN(c1ccc(C)c(C)c1)S(=O)(=O)c1ccccc1. The number of hydrogen-bond donors (Lipinski definition) is 1. The molecule has 4 aromatic rings. The molecule has 0 radical (unpaired) electrons. The Balaban J connectivity index is 1.81. The fourth-order valence-electron chi connectivity index (χ4n) is 5.00. The molecule has 0 spiro atoms. The molecule has 4 rings (SSSR count). The second kappa shape index (κ2) is 15.7. The molecule has 1 atom stereocenters. The maximum atomic E-state index is 14.5. The van der Waals surface area contributed by atoms with Crippen molar-refractivity contribution >= 4 is 39.1 Å². The number of carbonyl (C=O) groups is 2. The van der Waals surface area contributed by atoms with Crippen molar-refractivity contribution in [1.82, 2.24) is 10.2 Å². The van der Waals surface area contributed by atoms with E-state index in [0.717, 1.165) is 33.8 Å². The van der Waals surface area contributed by atoms with E-state index in [1.54, 1.807) is 48.5 Å². The summed E-state index contributed by atoms with van der Waals surface area (Å²) in [7, 11) is -4.16. The fourth-order valence-corrected chi connectivity index (χ4v) is 6.62. The van der Waals surface area contributed by atoms with Crippen molar-refractivity contribution in [3.05, 3.63) is 130 Å². The van der Waals surface area contributed by atoms with Gasteiger partial charge in [0.1, 0.15) is 12.6 Å². The summed E-state index contributed by atoms with van der Waals surface area (Å²) in [5, 5.41) is 3.44. The molecular weight excluding hydrogens is 606 g/mol. The van der Waals surface area contributed by atoms with Crippen molar-refractivity contribution in [3.8, 4) is 0 Å². The molecule has 236 valence electrons. The molecule has 0 aliphatic rings. The van der Waals surface area contributed by atoms with Crippen LogP contribution in [-0.2, 0) is 32.6 Å². The molecular formula is C36H40ClN3O4S. The first kappa shape index (κ1) is 33.7. The smallest absolute Gasteiger partial charge is 0.264 e. The molecule has 4 aromatic carbocycles. The van der Waals surface area contributed by atoms with Crippen molar-refractivity contribution in [2.24, 2.45) is 0 Å². The van der Waals surface area contributed by atoms with Gasteiger partial charge in [-0.15, -0.1) is 0 Å². The molecule has 0 aliphatic heterocycles. The Bertz CT molecular complexity index is 1700. The Morgan fingerprint density at radius 3 is 2.13 bits per heavy atom. The van der Waals surface area contributed by atoms with E-state index < -0.39 is 28.5 Å². The molecule has 0 unspecified atom stereocenters. The van der Waals surface area contributed by atoms with Gasteiger partial charge in [-0.25, -0.2) is 8.42 Å². The van der Waals surface area contributed by atoms with Gasteiger partial charge in [0.25, 0.3) is 10.0 Å². The summed E-state index contributed by atoms with van der Waals surface area (Å²) in [6.07, 6.45) is 1.93. The van der Waals surface area contributed by atoms with Crippen LogP contribution in [0.4, 0.5) is 5.69 Å². The molecule has 2 amide bonds. The molecule has 0 saturated carbocycles. The predicted molar refractivity (Wildman–Crippen MR) is 181 cm³/mol. The molecule has 45 heavy (non-hydrogen) atoms. The third kappa shape index (κ3) is 8.74. The largest absolute Gasteiger partial charge is 0.354 e. The van der Waals surface area contributed by atoms with E-state index in [2.05, 4.69) is 5.32 Å².